The van der Waals surface area contributed by atoms with E-state index in [0.717, 1.165) is 20.6 Å². The number of sulfonamides is 1. The van der Waals surface area contributed by atoms with Crippen molar-refractivity contribution in [3.8, 4) is 0 Å². The molecule has 0 unspecified atom stereocenters. The molecule has 0 radical (unpaired) electrons. The van der Waals surface area contributed by atoms with E-state index in [1.165, 1.54) is 17.0 Å². The van der Waals surface area contributed by atoms with Crippen molar-refractivity contribution in [3.05, 3.63) is 62.5 Å². The number of rotatable bonds is 10. The summed E-state index contributed by atoms with van der Waals surface area (Å²) >= 11 is 15.7. The first-order valence-electron chi connectivity index (χ1n) is 10.5. The molecule has 0 aromatic heterocycles. The van der Waals surface area contributed by atoms with Crippen LogP contribution in [0.2, 0.25) is 10.0 Å². The zero-order valence-corrected chi connectivity index (χ0v) is 23.3. The number of carbonyl (C=O) groups excluding carboxylic acids is 2. The van der Waals surface area contributed by atoms with Gasteiger partial charge in [-0.3, -0.25) is 13.9 Å². The lowest BCUT2D eigenvalue weighted by Gasteiger charge is -2.32. The Bertz CT molecular complexity index is 1130. The van der Waals surface area contributed by atoms with Crippen molar-refractivity contribution in [3.63, 3.8) is 0 Å². The van der Waals surface area contributed by atoms with Crippen molar-refractivity contribution in [2.75, 3.05) is 23.7 Å². The Hall–Kier alpha value is -1.81. The average molecular weight is 593 g/mol. The minimum atomic E-state index is -3.90. The Morgan fingerprint density at radius 3 is 2.24 bits per heavy atom. The third kappa shape index (κ3) is 7.86. The SMILES string of the molecule is CC(C)CNC(=O)[C@H](C)N(Cc1ccc(Br)cc1)C(=O)CN(c1cccc(Cl)c1Cl)S(C)(=O)=O. The summed E-state index contributed by atoms with van der Waals surface area (Å²) in [6.07, 6.45) is 0.981. The first-order chi connectivity index (χ1) is 15.8. The summed E-state index contributed by atoms with van der Waals surface area (Å²) in [7, 11) is -3.90. The van der Waals surface area contributed by atoms with Crippen LogP contribution in [-0.2, 0) is 26.2 Å². The van der Waals surface area contributed by atoms with Crippen LogP contribution in [0, 0.1) is 5.92 Å². The monoisotopic (exact) mass is 591 g/mol. The molecule has 2 amide bonds. The zero-order valence-electron chi connectivity index (χ0n) is 19.4. The maximum atomic E-state index is 13.5. The highest BCUT2D eigenvalue weighted by atomic mass is 79.9. The van der Waals surface area contributed by atoms with E-state index in [-0.39, 0.29) is 34.1 Å². The summed E-state index contributed by atoms with van der Waals surface area (Å²) in [5.74, 6) is -0.653. The first-order valence-corrected chi connectivity index (χ1v) is 13.9. The van der Waals surface area contributed by atoms with Gasteiger partial charge in [0.25, 0.3) is 0 Å². The highest BCUT2D eigenvalue weighted by molar-refractivity contribution is 9.10. The molecule has 1 N–H and O–H groups in total. The van der Waals surface area contributed by atoms with Crippen LogP contribution >= 0.6 is 39.1 Å². The molecule has 0 aliphatic carbocycles. The van der Waals surface area contributed by atoms with Gasteiger partial charge in [0.1, 0.15) is 12.6 Å². The Balaban J connectivity index is 2.40. The normalized spacial score (nSPS) is 12.4. The minimum Gasteiger partial charge on any atom is -0.354 e. The van der Waals surface area contributed by atoms with E-state index in [1.54, 1.807) is 13.0 Å². The van der Waals surface area contributed by atoms with Crippen molar-refractivity contribution in [1.82, 2.24) is 10.2 Å². The Morgan fingerprint density at radius 1 is 1.06 bits per heavy atom. The Labute approximate surface area is 219 Å². The summed E-state index contributed by atoms with van der Waals surface area (Å²) in [6.45, 7) is 5.57. The van der Waals surface area contributed by atoms with E-state index in [1.807, 2.05) is 38.1 Å². The molecule has 0 saturated heterocycles. The lowest BCUT2D eigenvalue weighted by atomic mass is 10.1. The van der Waals surface area contributed by atoms with Gasteiger partial charge in [0.15, 0.2) is 0 Å². The van der Waals surface area contributed by atoms with Gasteiger partial charge in [0.2, 0.25) is 21.8 Å². The molecule has 7 nitrogen and oxygen atoms in total. The standard InChI is InChI=1S/C23H28BrCl2N3O4S/c1-15(2)12-27-23(31)16(3)28(13-17-8-10-18(24)11-9-17)21(30)14-29(34(4,32)33)20-7-5-6-19(25)22(20)26/h5-11,15-16H,12-14H2,1-4H3,(H,27,31)/t16-/m0/s1. The van der Waals surface area contributed by atoms with Crippen molar-refractivity contribution in [2.45, 2.75) is 33.4 Å². The maximum absolute atomic E-state index is 13.5. The van der Waals surface area contributed by atoms with E-state index in [2.05, 4.69) is 21.2 Å². The number of nitrogens with one attached hydrogen (secondary N) is 1. The lowest BCUT2D eigenvalue weighted by Crippen LogP contribution is -2.51. The quantitative estimate of drug-likeness (QED) is 0.433. The second-order valence-corrected chi connectivity index (χ2v) is 11.9. The van der Waals surface area contributed by atoms with Crippen LogP contribution in [0.5, 0.6) is 0 Å². The molecule has 2 aromatic rings. The second kappa shape index (κ2) is 12.2. The molecule has 0 spiro atoms. The number of nitrogens with zero attached hydrogens (tertiary/aromatic N) is 2. The Kier molecular flexibility index (Phi) is 10.2. The molecular formula is C23H28BrCl2N3O4S. The summed E-state index contributed by atoms with van der Waals surface area (Å²) in [5.41, 5.74) is 0.872. The third-order valence-electron chi connectivity index (χ3n) is 5.00. The molecule has 2 rings (SSSR count). The van der Waals surface area contributed by atoms with Gasteiger partial charge in [-0.15, -0.1) is 0 Å². The molecule has 0 fully saturated rings. The molecule has 0 aliphatic rings. The highest BCUT2D eigenvalue weighted by Gasteiger charge is 2.31. The predicted molar refractivity (Wildman–Crippen MR) is 141 cm³/mol. The maximum Gasteiger partial charge on any atom is 0.244 e. The predicted octanol–water partition coefficient (Wildman–Crippen LogP) is 4.71. The number of benzene rings is 2. The third-order valence-corrected chi connectivity index (χ3v) is 7.46. The van der Waals surface area contributed by atoms with Gasteiger partial charge in [0.05, 0.1) is 22.0 Å². The van der Waals surface area contributed by atoms with Gasteiger partial charge in [-0.1, -0.05) is 71.2 Å². The van der Waals surface area contributed by atoms with Gasteiger partial charge in [-0.2, -0.15) is 0 Å². The molecule has 0 saturated carbocycles. The Morgan fingerprint density at radius 2 is 1.68 bits per heavy atom. The van der Waals surface area contributed by atoms with Crippen molar-refractivity contribution >= 4 is 66.7 Å². The largest absolute Gasteiger partial charge is 0.354 e. The summed E-state index contributed by atoms with van der Waals surface area (Å²) < 4.78 is 27.0. The van der Waals surface area contributed by atoms with Crippen LogP contribution in [-0.4, -0.2) is 50.5 Å². The van der Waals surface area contributed by atoms with Crippen LogP contribution in [0.3, 0.4) is 0 Å². The lowest BCUT2D eigenvalue weighted by molar-refractivity contribution is -0.139. The summed E-state index contributed by atoms with van der Waals surface area (Å²) in [5, 5.41) is 3.01. The smallest absolute Gasteiger partial charge is 0.244 e. The van der Waals surface area contributed by atoms with E-state index in [9.17, 15) is 18.0 Å². The second-order valence-electron chi connectivity index (χ2n) is 8.31. The first kappa shape index (κ1) is 28.4. The molecule has 1 atom stereocenters. The number of hydrogen-bond acceptors (Lipinski definition) is 4. The summed E-state index contributed by atoms with van der Waals surface area (Å²) in [6, 6.07) is 11.0. The van der Waals surface area contributed by atoms with Crippen molar-refractivity contribution < 1.29 is 18.0 Å². The summed E-state index contributed by atoms with van der Waals surface area (Å²) in [4.78, 5) is 27.6. The van der Waals surface area contributed by atoms with Crippen LogP contribution in [0.25, 0.3) is 0 Å². The highest BCUT2D eigenvalue weighted by Crippen LogP contribution is 2.33. The van der Waals surface area contributed by atoms with Crippen molar-refractivity contribution in [1.29, 1.82) is 0 Å². The molecule has 2 aromatic carbocycles. The van der Waals surface area contributed by atoms with E-state index in [0.29, 0.717) is 6.54 Å². The molecular weight excluding hydrogens is 565 g/mol. The van der Waals surface area contributed by atoms with Gasteiger partial charge in [-0.05, 0) is 42.7 Å². The molecule has 11 heteroatoms. The van der Waals surface area contributed by atoms with Crippen LogP contribution < -0.4 is 9.62 Å². The minimum absolute atomic E-state index is 0.0181. The molecule has 0 aliphatic heterocycles. The topological polar surface area (TPSA) is 86.8 Å². The number of hydrogen-bond donors (Lipinski definition) is 1. The van der Waals surface area contributed by atoms with Crippen LogP contribution in [0.15, 0.2) is 46.9 Å². The fourth-order valence-corrected chi connectivity index (χ4v) is 4.67. The number of carbonyl (C=O) groups is 2. The van der Waals surface area contributed by atoms with Crippen LogP contribution in [0.4, 0.5) is 5.69 Å². The van der Waals surface area contributed by atoms with Crippen LogP contribution in [0.1, 0.15) is 26.3 Å². The van der Waals surface area contributed by atoms with Gasteiger partial charge < -0.3 is 10.2 Å². The molecule has 186 valence electrons. The van der Waals surface area contributed by atoms with Gasteiger partial charge in [0, 0.05) is 17.6 Å². The average Bonchev–Trinajstić information content (AvgIpc) is 2.76. The van der Waals surface area contributed by atoms with E-state index in [4.69, 9.17) is 23.2 Å². The number of anilines is 1. The molecule has 0 bridgehead atoms. The molecule has 34 heavy (non-hydrogen) atoms. The zero-order chi connectivity index (χ0) is 25.6. The van der Waals surface area contributed by atoms with E-state index >= 15 is 0 Å². The van der Waals surface area contributed by atoms with Gasteiger partial charge in [-0.25, -0.2) is 8.42 Å². The van der Waals surface area contributed by atoms with Crippen molar-refractivity contribution in [2.24, 2.45) is 5.92 Å². The fourth-order valence-electron chi connectivity index (χ4n) is 3.10. The molecule has 0 heterocycles. The fraction of sp³-hybridized carbons (Fsp3) is 0.391. The number of amides is 2. The van der Waals surface area contributed by atoms with Gasteiger partial charge >= 0.3 is 0 Å². The number of halogens is 3. The van der Waals surface area contributed by atoms with E-state index < -0.39 is 28.5 Å².